The van der Waals surface area contributed by atoms with Crippen LogP contribution in [0.4, 0.5) is 0 Å². The Labute approximate surface area is 96.1 Å². The summed E-state index contributed by atoms with van der Waals surface area (Å²) < 4.78 is 21.8. The average molecular weight is 248 g/mol. The highest BCUT2D eigenvalue weighted by Gasteiger charge is 2.19. The summed E-state index contributed by atoms with van der Waals surface area (Å²) in [4.78, 5) is 0. The first kappa shape index (κ1) is 14.8. The highest BCUT2D eigenvalue weighted by molar-refractivity contribution is 8.06. The van der Waals surface area contributed by atoms with E-state index in [2.05, 4.69) is 10.9 Å². The maximum absolute atomic E-state index is 11.8. The van der Waals surface area contributed by atoms with E-state index in [4.69, 9.17) is 9.05 Å². The lowest BCUT2D eigenvalue weighted by molar-refractivity contribution is 0.231. The fraction of sp³-hybridized carbons (Fsp3) is 0.600. The molecule has 3 nitrogen and oxygen atoms in total. The van der Waals surface area contributed by atoms with Crippen molar-refractivity contribution < 1.29 is 13.6 Å². The van der Waals surface area contributed by atoms with E-state index in [0.717, 1.165) is 5.57 Å². The van der Waals surface area contributed by atoms with Crippen molar-refractivity contribution in [2.75, 3.05) is 13.2 Å². The van der Waals surface area contributed by atoms with Gasteiger partial charge in [-0.2, -0.15) is 0 Å². The van der Waals surface area contributed by atoms with E-state index < -0.39 is 7.60 Å². The van der Waals surface area contributed by atoms with E-state index in [0.29, 0.717) is 13.2 Å². The Hall–Kier alpha value is -0.200. The van der Waals surface area contributed by atoms with Crippen LogP contribution < -0.4 is 0 Å². The first-order valence-corrected chi connectivity index (χ1v) is 7.16. The van der Waals surface area contributed by atoms with Crippen LogP contribution in [0.1, 0.15) is 27.7 Å². The van der Waals surface area contributed by atoms with Crippen molar-refractivity contribution in [1.29, 1.82) is 0 Å². The van der Waals surface area contributed by atoms with Crippen molar-refractivity contribution in [3.05, 3.63) is 11.0 Å². The molecule has 0 bridgehead atoms. The minimum absolute atomic E-state index is 0.333. The lowest BCUT2D eigenvalue weighted by Crippen LogP contribution is -1.92. The standard InChI is InChI=1S/C10H17O3PS/c1-5-12-14(11,13-6-2)7-8-15-9-10(3)4/h9H,5-6H2,1-4H3. The highest BCUT2D eigenvalue weighted by atomic mass is 32.2. The molecule has 15 heavy (non-hydrogen) atoms. The Morgan fingerprint density at radius 1 is 1.33 bits per heavy atom. The second-order valence-electron chi connectivity index (χ2n) is 2.86. The Bertz CT molecular complexity index is 300. The molecule has 0 aromatic heterocycles. The Balaban J connectivity index is 4.39. The van der Waals surface area contributed by atoms with Crippen LogP contribution in [0.3, 0.4) is 0 Å². The minimum atomic E-state index is -3.19. The molecule has 5 heteroatoms. The fourth-order valence-corrected chi connectivity index (χ4v) is 2.51. The van der Waals surface area contributed by atoms with Crippen LogP contribution >= 0.6 is 19.4 Å². The van der Waals surface area contributed by atoms with Gasteiger partial charge in [-0.25, -0.2) is 4.57 Å². The van der Waals surface area contributed by atoms with Gasteiger partial charge in [0.15, 0.2) is 0 Å². The largest absolute Gasteiger partial charge is 0.406 e. The van der Waals surface area contributed by atoms with Crippen LogP contribution in [-0.2, 0) is 13.6 Å². The lowest BCUT2D eigenvalue weighted by Gasteiger charge is -2.09. The molecular weight excluding hydrogens is 231 g/mol. The summed E-state index contributed by atoms with van der Waals surface area (Å²) in [5, 5.41) is 4.59. The number of hydrogen-bond donors (Lipinski definition) is 0. The van der Waals surface area contributed by atoms with Crippen molar-refractivity contribution in [1.82, 2.24) is 0 Å². The monoisotopic (exact) mass is 248 g/mol. The van der Waals surface area contributed by atoms with Gasteiger partial charge in [-0.1, -0.05) is 5.57 Å². The summed E-state index contributed by atoms with van der Waals surface area (Å²) in [5.41, 5.74) is 3.68. The molecule has 0 N–H and O–H groups in total. The first-order valence-electron chi connectivity index (χ1n) is 4.74. The summed E-state index contributed by atoms with van der Waals surface area (Å²) in [6.07, 6.45) is 0. The van der Waals surface area contributed by atoms with Gasteiger partial charge < -0.3 is 0 Å². The summed E-state index contributed by atoms with van der Waals surface area (Å²) >= 11 is 1.28. The zero-order chi connectivity index (χ0) is 11.7. The molecular formula is C10H17O3PS. The Morgan fingerprint density at radius 2 is 1.87 bits per heavy atom. The summed E-state index contributed by atoms with van der Waals surface area (Å²) in [6.45, 7) is 8.13. The molecule has 0 aromatic carbocycles. The molecule has 0 radical (unpaired) electrons. The topological polar surface area (TPSA) is 35.5 Å². The van der Waals surface area contributed by atoms with Crippen molar-refractivity contribution in [3.8, 4) is 10.9 Å². The molecule has 0 rings (SSSR count). The van der Waals surface area contributed by atoms with Crippen molar-refractivity contribution in [3.63, 3.8) is 0 Å². The zero-order valence-corrected chi connectivity index (χ0v) is 11.3. The van der Waals surface area contributed by atoms with Gasteiger partial charge in [-0.3, -0.25) is 9.05 Å². The van der Waals surface area contributed by atoms with Crippen LogP contribution in [0.15, 0.2) is 11.0 Å². The van der Waals surface area contributed by atoms with Crippen LogP contribution in [0.2, 0.25) is 0 Å². The van der Waals surface area contributed by atoms with Crippen molar-refractivity contribution >= 4 is 19.4 Å². The van der Waals surface area contributed by atoms with Gasteiger partial charge in [0.05, 0.1) is 13.2 Å². The van der Waals surface area contributed by atoms with E-state index >= 15 is 0 Å². The summed E-state index contributed by atoms with van der Waals surface area (Å²) in [5.74, 6) is 0. The summed E-state index contributed by atoms with van der Waals surface area (Å²) in [7, 11) is -3.19. The van der Waals surface area contributed by atoms with Crippen molar-refractivity contribution in [2.45, 2.75) is 27.7 Å². The van der Waals surface area contributed by atoms with E-state index in [1.54, 1.807) is 13.8 Å². The van der Waals surface area contributed by atoms with Crippen LogP contribution in [0, 0.1) is 10.9 Å². The molecule has 0 heterocycles. The third-order valence-corrected chi connectivity index (χ3v) is 3.68. The fourth-order valence-electron chi connectivity index (χ4n) is 0.671. The lowest BCUT2D eigenvalue weighted by atomic mass is 10.4. The molecule has 0 fully saturated rings. The Morgan fingerprint density at radius 3 is 2.27 bits per heavy atom. The van der Waals surface area contributed by atoms with Gasteiger partial charge in [0.1, 0.15) is 0 Å². The minimum Gasteiger partial charge on any atom is -0.300 e. The third-order valence-electron chi connectivity index (χ3n) is 1.13. The third kappa shape index (κ3) is 7.70. The van der Waals surface area contributed by atoms with Crippen LogP contribution in [0.5, 0.6) is 0 Å². The molecule has 0 amide bonds. The van der Waals surface area contributed by atoms with E-state index in [-0.39, 0.29) is 0 Å². The molecule has 0 atom stereocenters. The maximum atomic E-state index is 11.8. The van der Waals surface area contributed by atoms with Crippen LogP contribution in [-0.4, -0.2) is 13.2 Å². The zero-order valence-electron chi connectivity index (χ0n) is 9.57. The van der Waals surface area contributed by atoms with Gasteiger partial charge in [-0.15, -0.1) is 0 Å². The van der Waals surface area contributed by atoms with Gasteiger partial charge in [0.2, 0.25) is 0 Å². The molecule has 0 aliphatic rings. The molecule has 86 valence electrons. The molecule has 0 saturated carbocycles. The van der Waals surface area contributed by atoms with Gasteiger partial charge in [-0.05, 0) is 50.1 Å². The SMILES string of the molecule is CCOP(=O)(C#CSC=C(C)C)OCC. The average Bonchev–Trinajstić information content (AvgIpc) is 2.13. The van der Waals surface area contributed by atoms with Crippen LogP contribution in [0.25, 0.3) is 0 Å². The highest BCUT2D eigenvalue weighted by Crippen LogP contribution is 2.46. The molecule has 0 spiro atoms. The maximum Gasteiger partial charge on any atom is 0.406 e. The number of allylic oxidation sites excluding steroid dienone is 1. The van der Waals surface area contributed by atoms with Gasteiger partial charge in [0, 0.05) is 5.66 Å². The van der Waals surface area contributed by atoms with E-state index in [1.165, 1.54) is 11.8 Å². The predicted octanol–water partition coefficient (Wildman–Crippen LogP) is 3.83. The predicted molar refractivity (Wildman–Crippen MR) is 65.7 cm³/mol. The normalized spacial score (nSPS) is 10.4. The second-order valence-corrected chi connectivity index (χ2v) is 5.27. The molecule has 0 aliphatic carbocycles. The number of hydrogen-bond acceptors (Lipinski definition) is 4. The molecule has 0 aromatic rings. The Kier molecular flexibility index (Phi) is 7.90. The molecule has 0 saturated heterocycles. The number of rotatable bonds is 5. The molecule has 0 unspecified atom stereocenters. The van der Waals surface area contributed by atoms with Crippen molar-refractivity contribution in [2.24, 2.45) is 0 Å². The molecule has 0 aliphatic heterocycles. The van der Waals surface area contributed by atoms with Gasteiger partial charge >= 0.3 is 7.60 Å². The van der Waals surface area contributed by atoms with E-state index in [1.807, 2.05) is 19.3 Å². The van der Waals surface area contributed by atoms with E-state index in [9.17, 15) is 4.57 Å². The summed E-state index contributed by atoms with van der Waals surface area (Å²) in [6, 6.07) is 0. The first-order chi connectivity index (χ1) is 7.04. The number of thioether (sulfide) groups is 1. The second kappa shape index (κ2) is 8.01. The van der Waals surface area contributed by atoms with Gasteiger partial charge in [0.25, 0.3) is 0 Å². The smallest absolute Gasteiger partial charge is 0.300 e. The quantitative estimate of drug-likeness (QED) is 0.547.